The molecule has 5 rings (SSSR count). The highest BCUT2D eigenvalue weighted by Crippen LogP contribution is 2.46. The van der Waals surface area contributed by atoms with Crippen LogP contribution in [0.15, 0.2) is 60.8 Å². The lowest BCUT2D eigenvalue weighted by atomic mass is 10.1. The largest absolute Gasteiger partial charge is 0.477 e. The molecule has 2 N–H and O–H groups in total. The van der Waals surface area contributed by atoms with Crippen molar-refractivity contribution in [2.75, 3.05) is 10.2 Å². The normalized spacial score (nSPS) is 12.7. The fourth-order valence-electron chi connectivity index (χ4n) is 3.54. The van der Waals surface area contributed by atoms with E-state index in [-0.39, 0.29) is 4.88 Å². The maximum absolute atomic E-state index is 13.0. The van der Waals surface area contributed by atoms with E-state index in [9.17, 15) is 14.7 Å². The van der Waals surface area contributed by atoms with Crippen molar-refractivity contribution in [1.29, 1.82) is 0 Å². The van der Waals surface area contributed by atoms with Gasteiger partial charge in [-0.3, -0.25) is 4.90 Å². The predicted octanol–water partition coefficient (Wildman–Crippen LogP) is 5.78. The highest BCUT2D eigenvalue weighted by Gasteiger charge is 2.33. The summed E-state index contributed by atoms with van der Waals surface area (Å²) in [7, 11) is 0. The van der Waals surface area contributed by atoms with E-state index >= 15 is 0 Å². The predicted molar refractivity (Wildman–Crippen MR) is 115 cm³/mol. The minimum atomic E-state index is -1.09. The number of anilines is 3. The number of para-hydroxylation sites is 1. The van der Waals surface area contributed by atoms with Gasteiger partial charge >= 0.3 is 12.0 Å². The monoisotopic (exact) mass is 417 g/mol. The van der Waals surface area contributed by atoms with Crippen LogP contribution < -0.4 is 15.0 Å². The zero-order valence-corrected chi connectivity index (χ0v) is 16.6. The Morgan fingerprint density at radius 1 is 1.10 bits per heavy atom. The van der Waals surface area contributed by atoms with Crippen LogP contribution in [-0.4, -0.2) is 22.1 Å². The Kier molecular flexibility index (Phi) is 4.14. The molecule has 1 aliphatic rings. The van der Waals surface area contributed by atoms with Gasteiger partial charge in [0.15, 0.2) is 0 Å². The number of aromatic nitrogens is 1. The average molecular weight is 417 g/mol. The molecule has 30 heavy (non-hydrogen) atoms. The first-order valence-corrected chi connectivity index (χ1v) is 9.94. The number of amides is 2. The second-order valence-corrected chi connectivity index (χ2v) is 7.75. The van der Waals surface area contributed by atoms with Crippen molar-refractivity contribution in [3.05, 3.63) is 71.2 Å². The van der Waals surface area contributed by atoms with Gasteiger partial charge in [0.1, 0.15) is 21.2 Å². The van der Waals surface area contributed by atoms with Crippen molar-refractivity contribution >= 4 is 50.6 Å². The first-order chi connectivity index (χ1) is 14.5. The minimum Gasteiger partial charge on any atom is -0.477 e. The van der Waals surface area contributed by atoms with E-state index in [1.165, 1.54) is 4.90 Å². The number of thiophene rings is 1. The number of hydrogen-bond donors (Lipinski definition) is 2. The quantitative estimate of drug-likeness (QED) is 0.439. The second-order valence-electron chi connectivity index (χ2n) is 6.75. The molecule has 0 aliphatic carbocycles. The van der Waals surface area contributed by atoms with Crippen LogP contribution in [-0.2, 0) is 0 Å². The van der Waals surface area contributed by atoms with Gasteiger partial charge in [0, 0.05) is 6.20 Å². The van der Waals surface area contributed by atoms with E-state index in [4.69, 9.17) is 4.74 Å². The summed E-state index contributed by atoms with van der Waals surface area (Å²) in [5.74, 6) is 0.288. The summed E-state index contributed by atoms with van der Waals surface area (Å²) in [5.41, 5.74) is 2.41. The summed E-state index contributed by atoms with van der Waals surface area (Å²) in [6.07, 6.45) is 1.58. The number of aromatic carboxylic acids is 1. The molecule has 7 nitrogen and oxygen atoms in total. The zero-order chi connectivity index (χ0) is 20.8. The topological polar surface area (TPSA) is 91.8 Å². The van der Waals surface area contributed by atoms with Gasteiger partial charge in [-0.2, -0.15) is 0 Å². The van der Waals surface area contributed by atoms with Crippen molar-refractivity contribution in [3.63, 3.8) is 0 Å². The lowest BCUT2D eigenvalue weighted by Gasteiger charge is -2.29. The molecule has 0 saturated carbocycles. The number of carbonyl (C=O) groups excluding carboxylic acids is 1. The van der Waals surface area contributed by atoms with Crippen molar-refractivity contribution < 1.29 is 19.4 Å². The number of aryl methyl sites for hydroxylation is 1. The molecule has 0 fully saturated rings. The Morgan fingerprint density at radius 3 is 2.63 bits per heavy atom. The molecule has 1 aliphatic heterocycles. The Hall–Kier alpha value is -3.91. The lowest BCUT2D eigenvalue weighted by molar-refractivity contribution is 0.0703. The number of carbonyl (C=O) groups is 2. The molecule has 2 amide bonds. The summed E-state index contributed by atoms with van der Waals surface area (Å²) in [5, 5.41) is 12.8. The smallest absolute Gasteiger partial charge is 0.348 e. The fourth-order valence-corrected chi connectivity index (χ4v) is 4.50. The molecule has 0 radical (unpaired) electrons. The molecule has 0 bridgehead atoms. The Bertz CT molecular complexity index is 1320. The standard InChI is InChI=1S/C22H15N3O4S/c1-12-11-14(29-13-5-3-2-4-6-13)7-8-15(12)25-16-9-10-23-20-17(16)18(24-22(25)28)19(30-20)21(26)27/h2-11H,1H3,(H,24,28)(H,26,27). The molecule has 0 atom stereocenters. The number of rotatable bonds is 4. The first kappa shape index (κ1) is 18.1. The maximum Gasteiger partial charge on any atom is 0.348 e. The Balaban J connectivity index is 1.59. The summed E-state index contributed by atoms with van der Waals surface area (Å²) in [4.78, 5) is 31.0. The van der Waals surface area contributed by atoms with Crippen molar-refractivity contribution in [2.45, 2.75) is 6.92 Å². The van der Waals surface area contributed by atoms with Crippen molar-refractivity contribution in [3.8, 4) is 11.5 Å². The minimum absolute atomic E-state index is 0.0706. The average Bonchev–Trinajstić information content (AvgIpc) is 3.10. The van der Waals surface area contributed by atoms with Crippen LogP contribution in [0.25, 0.3) is 10.2 Å². The molecule has 4 aromatic rings. The van der Waals surface area contributed by atoms with Gasteiger partial charge in [-0.1, -0.05) is 18.2 Å². The lowest BCUT2D eigenvalue weighted by Crippen LogP contribution is -2.34. The van der Waals surface area contributed by atoms with Crippen LogP contribution in [0.2, 0.25) is 0 Å². The molecule has 148 valence electrons. The molecule has 3 heterocycles. The molecule has 8 heteroatoms. The molecule has 2 aromatic carbocycles. The molecular weight excluding hydrogens is 402 g/mol. The summed E-state index contributed by atoms with van der Waals surface area (Å²) in [6, 6.07) is 16.2. The zero-order valence-electron chi connectivity index (χ0n) is 15.7. The van der Waals surface area contributed by atoms with Crippen molar-refractivity contribution in [2.24, 2.45) is 0 Å². The molecule has 2 aromatic heterocycles. The number of nitrogens with zero attached hydrogens (tertiary/aromatic N) is 2. The van der Waals surface area contributed by atoms with E-state index in [1.54, 1.807) is 18.3 Å². The summed E-state index contributed by atoms with van der Waals surface area (Å²) >= 11 is 1.05. The van der Waals surface area contributed by atoms with Gasteiger partial charge in [-0.25, -0.2) is 14.6 Å². The van der Waals surface area contributed by atoms with Gasteiger partial charge in [0.2, 0.25) is 0 Å². The van der Waals surface area contributed by atoms with Gasteiger partial charge in [0.25, 0.3) is 0 Å². The van der Waals surface area contributed by atoms with Gasteiger partial charge in [-0.05, 0) is 48.9 Å². The number of carboxylic acids is 1. The number of ether oxygens (including phenoxy) is 1. The number of benzene rings is 2. The number of hydrogen-bond acceptors (Lipinski definition) is 5. The van der Waals surface area contributed by atoms with Crippen LogP contribution in [0.1, 0.15) is 15.2 Å². The van der Waals surface area contributed by atoms with Crippen molar-refractivity contribution in [1.82, 2.24) is 4.98 Å². The third kappa shape index (κ3) is 2.85. The fraction of sp³-hybridized carbons (Fsp3) is 0.0455. The number of pyridine rings is 1. The van der Waals surface area contributed by atoms with Crippen LogP contribution in [0, 0.1) is 6.92 Å². The summed E-state index contributed by atoms with van der Waals surface area (Å²) < 4.78 is 5.88. The molecule has 0 unspecified atom stereocenters. The Labute approximate surface area is 175 Å². The van der Waals surface area contributed by atoms with E-state index < -0.39 is 12.0 Å². The van der Waals surface area contributed by atoms with Crippen LogP contribution in [0.3, 0.4) is 0 Å². The second kappa shape index (κ2) is 6.85. The van der Waals surface area contributed by atoms with E-state index in [1.807, 2.05) is 49.4 Å². The number of carboxylic acid groups (broad SMARTS) is 1. The number of nitrogens with one attached hydrogen (secondary N) is 1. The van der Waals surface area contributed by atoms with E-state index in [0.717, 1.165) is 22.6 Å². The third-order valence-corrected chi connectivity index (χ3v) is 5.91. The number of urea groups is 1. The highest BCUT2D eigenvalue weighted by molar-refractivity contribution is 7.21. The first-order valence-electron chi connectivity index (χ1n) is 9.12. The van der Waals surface area contributed by atoms with Gasteiger partial charge in [-0.15, -0.1) is 11.3 Å². The molecule has 0 spiro atoms. The van der Waals surface area contributed by atoms with Gasteiger partial charge < -0.3 is 15.2 Å². The SMILES string of the molecule is Cc1cc(Oc2ccccc2)ccc1N1C(=O)Nc2c(C(=O)O)sc3nccc1c23. The maximum atomic E-state index is 13.0. The van der Waals surface area contributed by atoms with Gasteiger partial charge in [0.05, 0.1) is 22.4 Å². The Morgan fingerprint density at radius 2 is 1.90 bits per heavy atom. The van der Waals surface area contributed by atoms with Crippen LogP contribution in [0.4, 0.5) is 21.9 Å². The third-order valence-electron chi connectivity index (χ3n) is 4.83. The molecule has 0 saturated heterocycles. The highest BCUT2D eigenvalue weighted by atomic mass is 32.1. The summed E-state index contributed by atoms with van der Waals surface area (Å²) in [6.45, 7) is 1.89. The van der Waals surface area contributed by atoms with E-state index in [2.05, 4.69) is 10.3 Å². The van der Waals surface area contributed by atoms with Crippen LogP contribution in [0.5, 0.6) is 11.5 Å². The molecular formula is C22H15N3O4S. The van der Waals surface area contributed by atoms with E-state index in [0.29, 0.717) is 33.0 Å². The van der Waals surface area contributed by atoms with Crippen LogP contribution >= 0.6 is 11.3 Å².